The molecule has 1 N–H and O–H groups in total. The molecule has 0 radical (unpaired) electrons. The van der Waals surface area contributed by atoms with Crippen LogP contribution in [0.1, 0.15) is 5.56 Å². The molecule has 0 aliphatic carbocycles. The lowest BCUT2D eigenvalue weighted by Crippen LogP contribution is -2.37. The number of alkyl halides is 3. The number of carbonyl (C=O) groups is 2. The Morgan fingerprint density at radius 3 is 2.46 bits per heavy atom. The van der Waals surface area contributed by atoms with Crippen LogP contribution in [0, 0.1) is 0 Å². The summed E-state index contributed by atoms with van der Waals surface area (Å²) in [4.78, 5) is 25.1. The van der Waals surface area contributed by atoms with Gasteiger partial charge >= 0.3 is 6.18 Å². The molecule has 0 spiro atoms. The number of halogens is 5. The molecule has 0 aromatic heterocycles. The number of carbonyl (C=O) groups excluding carboxylic acids is 2. The highest BCUT2D eigenvalue weighted by molar-refractivity contribution is 6.42. The quantitative estimate of drug-likeness (QED) is 0.728. The molecule has 0 atom stereocenters. The summed E-state index contributed by atoms with van der Waals surface area (Å²) in [5.41, 5.74) is -1.36. The molecule has 2 aromatic carbocycles. The summed E-state index contributed by atoms with van der Waals surface area (Å²) in [6.07, 6.45) is -4.62. The number of ether oxygens (including phenoxy) is 1. The van der Waals surface area contributed by atoms with Gasteiger partial charge in [0.25, 0.3) is 5.91 Å². The van der Waals surface area contributed by atoms with Crippen molar-refractivity contribution in [2.75, 3.05) is 25.5 Å². The number of likely N-dealkylation sites (N-methyl/N-ethyl adjacent to an activating group) is 1. The Morgan fingerprint density at radius 1 is 1.11 bits per heavy atom. The predicted molar refractivity (Wildman–Crippen MR) is 99.7 cm³/mol. The van der Waals surface area contributed by atoms with E-state index in [2.05, 4.69) is 5.32 Å². The standard InChI is InChI=1S/C18H15Cl2F3N2O3/c1-25(16(27)10-28-14-8-4-6-12(19)17(14)20)9-15(26)24-13-7-3-2-5-11(13)18(21,22)23/h2-8H,9-10H2,1H3,(H,24,26). The molecule has 150 valence electrons. The number of hydrogen-bond donors (Lipinski definition) is 1. The number of rotatable bonds is 6. The monoisotopic (exact) mass is 434 g/mol. The van der Waals surface area contributed by atoms with Gasteiger partial charge in [0.05, 0.1) is 22.8 Å². The van der Waals surface area contributed by atoms with Crippen LogP contribution >= 0.6 is 23.2 Å². The average Bonchev–Trinajstić information content (AvgIpc) is 2.62. The Kier molecular flexibility index (Phi) is 7.15. The molecule has 28 heavy (non-hydrogen) atoms. The maximum absolute atomic E-state index is 13.0. The van der Waals surface area contributed by atoms with Gasteiger partial charge in [-0.05, 0) is 24.3 Å². The second-order valence-corrected chi connectivity index (χ2v) is 6.47. The first-order valence-electron chi connectivity index (χ1n) is 7.86. The van der Waals surface area contributed by atoms with Gasteiger partial charge in [-0.3, -0.25) is 9.59 Å². The summed E-state index contributed by atoms with van der Waals surface area (Å²) in [5.74, 6) is -1.16. The summed E-state index contributed by atoms with van der Waals surface area (Å²) in [7, 11) is 1.32. The summed E-state index contributed by atoms with van der Waals surface area (Å²) in [6.45, 7) is -0.888. The summed E-state index contributed by atoms with van der Waals surface area (Å²) >= 11 is 11.8. The van der Waals surface area contributed by atoms with Crippen molar-refractivity contribution in [3.8, 4) is 5.75 Å². The molecule has 5 nitrogen and oxygen atoms in total. The van der Waals surface area contributed by atoms with Crippen molar-refractivity contribution in [2.45, 2.75) is 6.18 Å². The lowest BCUT2D eigenvalue weighted by molar-refractivity contribution is -0.137. The maximum Gasteiger partial charge on any atom is 0.418 e. The third-order valence-electron chi connectivity index (χ3n) is 3.58. The van der Waals surface area contributed by atoms with Crippen LogP contribution in [0.2, 0.25) is 10.0 Å². The van der Waals surface area contributed by atoms with Gasteiger partial charge < -0.3 is 15.0 Å². The highest BCUT2D eigenvalue weighted by Gasteiger charge is 2.33. The van der Waals surface area contributed by atoms with E-state index in [0.29, 0.717) is 0 Å². The zero-order chi connectivity index (χ0) is 20.9. The van der Waals surface area contributed by atoms with Crippen molar-refractivity contribution in [2.24, 2.45) is 0 Å². The van der Waals surface area contributed by atoms with Crippen molar-refractivity contribution in [1.82, 2.24) is 4.90 Å². The first kappa shape index (κ1) is 21.8. The summed E-state index contributed by atoms with van der Waals surface area (Å²) in [6, 6.07) is 9.22. The molecular weight excluding hydrogens is 420 g/mol. The van der Waals surface area contributed by atoms with E-state index in [0.717, 1.165) is 17.0 Å². The van der Waals surface area contributed by atoms with Gasteiger partial charge in [0.2, 0.25) is 5.91 Å². The van der Waals surface area contributed by atoms with E-state index in [4.69, 9.17) is 27.9 Å². The Morgan fingerprint density at radius 2 is 1.79 bits per heavy atom. The van der Waals surface area contributed by atoms with Gasteiger partial charge in [0, 0.05) is 7.05 Å². The molecule has 0 unspecified atom stereocenters. The van der Waals surface area contributed by atoms with E-state index in [1.54, 1.807) is 12.1 Å². The predicted octanol–water partition coefficient (Wildman–Crippen LogP) is 4.49. The molecule has 0 fully saturated rings. The smallest absolute Gasteiger partial charge is 0.418 e. The third kappa shape index (κ3) is 5.77. The van der Waals surface area contributed by atoms with Gasteiger partial charge in [0.15, 0.2) is 6.61 Å². The van der Waals surface area contributed by atoms with Crippen molar-refractivity contribution in [1.29, 1.82) is 0 Å². The minimum Gasteiger partial charge on any atom is -0.482 e. The molecule has 2 rings (SSSR count). The van der Waals surface area contributed by atoms with E-state index in [-0.39, 0.29) is 21.5 Å². The summed E-state index contributed by atoms with van der Waals surface area (Å²) < 4.78 is 44.2. The first-order valence-corrected chi connectivity index (χ1v) is 8.62. The fourth-order valence-corrected chi connectivity index (χ4v) is 2.52. The zero-order valence-corrected chi connectivity index (χ0v) is 16.0. The van der Waals surface area contributed by atoms with Crippen LogP contribution in [0.5, 0.6) is 5.75 Å². The van der Waals surface area contributed by atoms with Crippen LogP contribution in [0.3, 0.4) is 0 Å². The van der Waals surface area contributed by atoms with E-state index in [1.807, 2.05) is 0 Å². The van der Waals surface area contributed by atoms with Crippen molar-refractivity contribution < 1.29 is 27.5 Å². The molecule has 0 saturated heterocycles. The molecule has 0 aliphatic rings. The van der Waals surface area contributed by atoms with Gasteiger partial charge in [-0.25, -0.2) is 0 Å². The maximum atomic E-state index is 13.0. The lowest BCUT2D eigenvalue weighted by atomic mass is 10.1. The molecule has 0 aliphatic heterocycles. The number of anilines is 1. The van der Waals surface area contributed by atoms with Gasteiger partial charge in [0.1, 0.15) is 10.8 Å². The van der Waals surface area contributed by atoms with E-state index < -0.39 is 36.7 Å². The van der Waals surface area contributed by atoms with Gasteiger partial charge in [-0.2, -0.15) is 13.2 Å². The van der Waals surface area contributed by atoms with Crippen LogP contribution < -0.4 is 10.1 Å². The Labute approximate surface area is 169 Å². The van der Waals surface area contributed by atoms with Gasteiger partial charge in [-0.1, -0.05) is 41.4 Å². The Bertz CT molecular complexity index is 875. The highest BCUT2D eigenvalue weighted by atomic mass is 35.5. The number of hydrogen-bond acceptors (Lipinski definition) is 3. The number of para-hydroxylation sites is 1. The molecule has 0 bridgehead atoms. The molecular formula is C18H15Cl2F3N2O3. The second kappa shape index (κ2) is 9.16. The van der Waals surface area contributed by atoms with Crippen LogP contribution in [0.25, 0.3) is 0 Å². The van der Waals surface area contributed by atoms with Crippen molar-refractivity contribution >= 4 is 40.7 Å². The van der Waals surface area contributed by atoms with E-state index in [1.165, 1.54) is 25.2 Å². The number of amides is 2. The van der Waals surface area contributed by atoms with E-state index >= 15 is 0 Å². The lowest BCUT2D eigenvalue weighted by Gasteiger charge is -2.18. The molecule has 0 heterocycles. The zero-order valence-electron chi connectivity index (χ0n) is 14.5. The SMILES string of the molecule is CN(CC(=O)Nc1ccccc1C(F)(F)F)C(=O)COc1cccc(Cl)c1Cl. The summed E-state index contributed by atoms with van der Waals surface area (Å²) in [5, 5.41) is 2.55. The minimum absolute atomic E-state index is 0.140. The van der Waals surface area contributed by atoms with Crippen LogP contribution in [0.15, 0.2) is 42.5 Å². The molecule has 2 amide bonds. The first-order chi connectivity index (χ1) is 13.1. The number of nitrogens with zero attached hydrogens (tertiary/aromatic N) is 1. The second-order valence-electron chi connectivity index (χ2n) is 5.68. The van der Waals surface area contributed by atoms with E-state index in [9.17, 15) is 22.8 Å². The number of nitrogens with one attached hydrogen (secondary N) is 1. The largest absolute Gasteiger partial charge is 0.482 e. The fraction of sp³-hybridized carbons (Fsp3) is 0.222. The fourth-order valence-electron chi connectivity index (χ4n) is 2.18. The van der Waals surface area contributed by atoms with Gasteiger partial charge in [-0.15, -0.1) is 0 Å². The Hall–Kier alpha value is -2.45. The van der Waals surface area contributed by atoms with Crippen LogP contribution in [0.4, 0.5) is 18.9 Å². The van der Waals surface area contributed by atoms with Crippen LogP contribution in [-0.2, 0) is 15.8 Å². The topological polar surface area (TPSA) is 58.6 Å². The Balaban J connectivity index is 1.94. The molecule has 0 saturated carbocycles. The average molecular weight is 435 g/mol. The van der Waals surface area contributed by atoms with Crippen molar-refractivity contribution in [3.05, 3.63) is 58.1 Å². The highest BCUT2D eigenvalue weighted by Crippen LogP contribution is 2.34. The number of benzene rings is 2. The molecule has 2 aromatic rings. The normalized spacial score (nSPS) is 11.1. The minimum atomic E-state index is -4.62. The third-order valence-corrected chi connectivity index (χ3v) is 4.38. The van der Waals surface area contributed by atoms with Crippen LogP contribution in [-0.4, -0.2) is 36.9 Å². The molecule has 10 heteroatoms. The van der Waals surface area contributed by atoms with Crippen molar-refractivity contribution in [3.63, 3.8) is 0 Å².